The molecule has 0 amide bonds. The van der Waals surface area contributed by atoms with Crippen LogP contribution >= 0.6 is 11.6 Å². The van der Waals surface area contributed by atoms with Gasteiger partial charge in [0.1, 0.15) is 6.54 Å². The van der Waals surface area contributed by atoms with Gasteiger partial charge in [0.15, 0.2) is 0 Å². The molecule has 0 saturated heterocycles. The molecule has 0 aliphatic heterocycles. The Morgan fingerprint density at radius 1 is 1.28 bits per heavy atom. The third-order valence-corrected chi connectivity index (χ3v) is 2.06. The van der Waals surface area contributed by atoms with Crippen LogP contribution in [0.25, 0.3) is 0 Å². The van der Waals surface area contributed by atoms with E-state index < -0.39 is 12.7 Å². The molecule has 0 bridgehead atoms. The molecule has 0 radical (unpaired) electrons. The molecular weight excluding hydrogens is 271 g/mol. The van der Waals surface area contributed by atoms with Crippen LogP contribution in [0.15, 0.2) is 0 Å². The normalized spacial score (nSPS) is 11.4. The molecule has 0 saturated carbocycles. The summed E-state index contributed by atoms with van der Waals surface area (Å²) < 4.78 is 36.7. The van der Waals surface area contributed by atoms with Gasteiger partial charge in [0.2, 0.25) is 17.2 Å². The average molecular weight is 284 g/mol. The van der Waals surface area contributed by atoms with Gasteiger partial charge in [0.25, 0.3) is 0 Å². The van der Waals surface area contributed by atoms with Gasteiger partial charge in [0, 0.05) is 13.6 Å². The van der Waals surface area contributed by atoms with Crippen LogP contribution in [0, 0.1) is 0 Å². The van der Waals surface area contributed by atoms with Crippen molar-refractivity contribution in [2.24, 2.45) is 0 Å². The fourth-order valence-electron chi connectivity index (χ4n) is 1.17. The van der Waals surface area contributed by atoms with Gasteiger partial charge in [-0.3, -0.25) is 0 Å². The number of alkyl halides is 3. The van der Waals surface area contributed by atoms with E-state index in [1.807, 2.05) is 6.92 Å². The second-order valence-corrected chi connectivity index (χ2v) is 3.96. The Hall–Kier alpha value is -1.31. The van der Waals surface area contributed by atoms with Gasteiger partial charge in [-0.2, -0.15) is 28.1 Å². The van der Waals surface area contributed by atoms with Gasteiger partial charge < -0.3 is 10.2 Å². The summed E-state index contributed by atoms with van der Waals surface area (Å²) in [5.74, 6) is 0.0480. The molecule has 0 aromatic carbocycles. The van der Waals surface area contributed by atoms with Crippen LogP contribution in [0.2, 0.25) is 5.28 Å². The van der Waals surface area contributed by atoms with Crippen molar-refractivity contribution in [1.29, 1.82) is 0 Å². The topological polar surface area (TPSA) is 53.9 Å². The van der Waals surface area contributed by atoms with Gasteiger partial charge in [-0.1, -0.05) is 6.92 Å². The molecular formula is C9H13ClF3N5. The molecule has 102 valence electrons. The predicted octanol–water partition coefficient (Wildman–Crippen LogP) is 2.35. The van der Waals surface area contributed by atoms with Crippen molar-refractivity contribution in [3.8, 4) is 0 Å². The molecule has 18 heavy (non-hydrogen) atoms. The fourth-order valence-corrected chi connectivity index (χ4v) is 1.32. The number of halogens is 4. The lowest BCUT2D eigenvalue weighted by atomic mass is 10.5. The maximum absolute atomic E-state index is 12.2. The Morgan fingerprint density at radius 3 is 2.50 bits per heavy atom. The molecule has 1 N–H and O–H groups in total. The van der Waals surface area contributed by atoms with E-state index in [1.54, 1.807) is 0 Å². The van der Waals surface area contributed by atoms with Gasteiger partial charge in [0.05, 0.1) is 0 Å². The zero-order valence-electron chi connectivity index (χ0n) is 9.92. The highest BCUT2D eigenvalue weighted by atomic mass is 35.5. The lowest BCUT2D eigenvalue weighted by molar-refractivity contribution is -0.119. The van der Waals surface area contributed by atoms with Crippen LogP contribution in [-0.4, -0.2) is 41.3 Å². The molecule has 1 rings (SSSR count). The minimum Gasteiger partial charge on any atom is -0.354 e. The van der Waals surface area contributed by atoms with Crippen LogP contribution in [-0.2, 0) is 0 Å². The summed E-state index contributed by atoms with van der Waals surface area (Å²) in [7, 11) is 1.24. The monoisotopic (exact) mass is 283 g/mol. The van der Waals surface area contributed by atoms with Crippen molar-refractivity contribution in [1.82, 2.24) is 15.0 Å². The number of hydrogen-bond donors (Lipinski definition) is 1. The number of anilines is 2. The second kappa shape index (κ2) is 6.03. The first-order valence-electron chi connectivity index (χ1n) is 5.25. The van der Waals surface area contributed by atoms with E-state index in [4.69, 9.17) is 11.6 Å². The van der Waals surface area contributed by atoms with Crippen molar-refractivity contribution in [3.63, 3.8) is 0 Å². The van der Waals surface area contributed by atoms with Crippen molar-refractivity contribution >= 4 is 23.5 Å². The van der Waals surface area contributed by atoms with E-state index in [2.05, 4.69) is 20.3 Å². The summed E-state index contributed by atoms with van der Waals surface area (Å²) in [5, 5.41) is 2.69. The minimum absolute atomic E-state index is 0.120. The fraction of sp³-hybridized carbons (Fsp3) is 0.667. The number of aromatic nitrogens is 3. The van der Waals surface area contributed by atoms with Crippen LogP contribution in [0.5, 0.6) is 0 Å². The van der Waals surface area contributed by atoms with E-state index in [1.165, 1.54) is 7.05 Å². The van der Waals surface area contributed by atoms with Crippen LogP contribution in [0.4, 0.5) is 25.1 Å². The molecule has 0 spiro atoms. The van der Waals surface area contributed by atoms with E-state index >= 15 is 0 Å². The van der Waals surface area contributed by atoms with Crippen LogP contribution < -0.4 is 10.2 Å². The molecule has 0 atom stereocenters. The highest BCUT2D eigenvalue weighted by Gasteiger charge is 2.30. The zero-order chi connectivity index (χ0) is 13.8. The highest BCUT2D eigenvalue weighted by molar-refractivity contribution is 6.28. The van der Waals surface area contributed by atoms with Crippen molar-refractivity contribution < 1.29 is 13.2 Å². The summed E-state index contributed by atoms with van der Waals surface area (Å²) >= 11 is 5.63. The second-order valence-electron chi connectivity index (χ2n) is 3.63. The Morgan fingerprint density at radius 2 is 1.94 bits per heavy atom. The van der Waals surface area contributed by atoms with E-state index in [0.29, 0.717) is 6.54 Å². The van der Waals surface area contributed by atoms with Crippen molar-refractivity contribution in [2.75, 3.05) is 30.4 Å². The smallest absolute Gasteiger partial charge is 0.354 e. The molecule has 0 fully saturated rings. The van der Waals surface area contributed by atoms with E-state index in [9.17, 15) is 13.2 Å². The number of rotatable bonds is 5. The first-order valence-corrected chi connectivity index (χ1v) is 5.63. The number of nitrogens with zero attached hydrogens (tertiary/aromatic N) is 4. The summed E-state index contributed by atoms with van der Waals surface area (Å²) in [6, 6.07) is 0. The maximum Gasteiger partial charge on any atom is 0.406 e. The Bertz CT molecular complexity index is 398. The molecule has 0 unspecified atom stereocenters. The van der Waals surface area contributed by atoms with Gasteiger partial charge >= 0.3 is 6.18 Å². The Kier molecular flexibility index (Phi) is 4.94. The molecule has 0 aliphatic rings. The van der Waals surface area contributed by atoms with Crippen LogP contribution in [0.3, 0.4) is 0 Å². The molecule has 0 aliphatic carbocycles. The molecule has 1 aromatic heterocycles. The van der Waals surface area contributed by atoms with Crippen molar-refractivity contribution in [3.05, 3.63) is 5.28 Å². The van der Waals surface area contributed by atoms with Gasteiger partial charge in [-0.05, 0) is 18.0 Å². The first-order chi connectivity index (χ1) is 8.31. The molecule has 1 heterocycles. The van der Waals surface area contributed by atoms with E-state index in [-0.39, 0.29) is 17.2 Å². The third-order valence-electron chi connectivity index (χ3n) is 1.89. The van der Waals surface area contributed by atoms with Gasteiger partial charge in [-0.15, -0.1) is 0 Å². The van der Waals surface area contributed by atoms with Crippen molar-refractivity contribution in [2.45, 2.75) is 19.5 Å². The summed E-state index contributed by atoms with van der Waals surface area (Å²) in [6.07, 6.45) is -3.50. The lowest BCUT2D eigenvalue weighted by Gasteiger charge is -2.19. The lowest BCUT2D eigenvalue weighted by Crippen LogP contribution is -2.32. The SMILES string of the molecule is CCCNc1nc(Cl)nc(N(C)CC(F)(F)F)n1. The van der Waals surface area contributed by atoms with Crippen LogP contribution in [0.1, 0.15) is 13.3 Å². The summed E-state index contributed by atoms with van der Waals surface area (Å²) in [4.78, 5) is 12.2. The predicted molar refractivity (Wildman–Crippen MR) is 62.9 cm³/mol. The average Bonchev–Trinajstić information content (AvgIpc) is 2.23. The zero-order valence-corrected chi connectivity index (χ0v) is 10.7. The minimum atomic E-state index is -4.33. The quantitative estimate of drug-likeness (QED) is 0.899. The summed E-state index contributed by atoms with van der Waals surface area (Å²) in [5.41, 5.74) is 0. The molecule has 5 nitrogen and oxygen atoms in total. The summed E-state index contributed by atoms with van der Waals surface area (Å²) in [6.45, 7) is 1.38. The largest absolute Gasteiger partial charge is 0.406 e. The Labute approximate surface area is 107 Å². The Balaban J connectivity index is 2.84. The highest BCUT2D eigenvalue weighted by Crippen LogP contribution is 2.19. The standard InChI is InChI=1S/C9H13ClF3N5/c1-3-4-14-7-15-6(10)16-8(17-7)18(2)5-9(11,12)13/h3-5H2,1-2H3,(H,14,15,16,17). The number of hydrogen-bond acceptors (Lipinski definition) is 5. The molecule has 1 aromatic rings. The molecule has 9 heteroatoms. The number of nitrogens with one attached hydrogen (secondary N) is 1. The first kappa shape index (κ1) is 14.7. The maximum atomic E-state index is 12.2. The van der Waals surface area contributed by atoms with E-state index in [0.717, 1.165) is 11.3 Å². The van der Waals surface area contributed by atoms with Gasteiger partial charge in [-0.25, -0.2) is 0 Å². The third kappa shape index (κ3) is 4.91.